The summed E-state index contributed by atoms with van der Waals surface area (Å²) in [5, 5.41) is 0. The lowest BCUT2D eigenvalue weighted by atomic mass is 10.1. The third-order valence-electron chi connectivity index (χ3n) is 2.97. The molecule has 2 N–H and O–H groups in total. The molecule has 2 amide bonds. The van der Waals surface area contributed by atoms with Crippen LogP contribution in [0.4, 0.5) is 4.79 Å². The van der Waals surface area contributed by atoms with Gasteiger partial charge in [0.05, 0.1) is 6.54 Å². The van der Waals surface area contributed by atoms with Gasteiger partial charge >= 0.3 is 6.09 Å². The fourth-order valence-electron chi connectivity index (χ4n) is 1.99. The van der Waals surface area contributed by atoms with E-state index in [-0.39, 0.29) is 0 Å². The monoisotopic (exact) mass is 295 g/mol. The summed E-state index contributed by atoms with van der Waals surface area (Å²) in [4.78, 5) is 26.8. The number of amides is 2. The maximum absolute atomic E-state index is 12.1. The first-order valence-corrected chi connectivity index (χ1v) is 7.08. The van der Waals surface area contributed by atoms with Crippen LogP contribution in [-0.4, -0.2) is 47.5 Å². The zero-order valence-electron chi connectivity index (χ0n) is 13.5. The van der Waals surface area contributed by atoms with Crippen molar-refractivity contribution in [3.05, 3.63) is 23.5 Å². The van der Waals surface area contributed by atoms with Crippen molar-refractivity contribution in [3.63, 3.8) is 0 Å². The Morgan fingerprint density at radius 3 is 2.48 bits per heavy atom. The van der Waals surface area contributed by atoms with Gasteiger partial charge in [0.25, 0.3) is 5.91 Å². The normalized spacial score (nSPS) is 15.2. The molecule has 6 nitrogen and oxygen atoms in total. The van der Waals surface area contributed by atoms with E-state index in [9.17, 15) is 9.59 Å². The molecule has 0 atom stereocenters. The number of hydrogen-bond donors (Lipinski definition) is 1. The maximum Gasteiger partial charge on any atom is 0.414 e. The minimum Gasteiger partial charge on any atom is -0.443 e. The van der Waals surface area contributed by atoms with Gasteiger partial charge < -0.3 is 15.4 Å². The van der Waals surface area contributed by atoms with E-state index in [1.807, 2.05) is 32.6 Å². The van der Waals surface area contributed by atoms with Crippen LogP contribution < -0.4 is 5.73 Å². The molecule has 0 aromatic heterocycles. The predicted molar refractivity (Wildman–Crippen MR) is 81.2 cm³/mol. The van der Waals surface area contributed by atoms with Crippen molar-refractivity contribution in [1.29, 1.82) is 0 Å². The number of primary amides is 1. The van der Waals surface area contributed by atoms with Crippen molar-refractivity contribution in [2.75, 3.05) is 20.1 Å². The molecule has 118 valence electrons. The molecular weight excluding hydrogens is 270 g/mol. The van der Waals surface area contributed by atoms with Crippen molar-refractivity contribution in [2.24, 2.45) is 5.73 Å². The summed E-state index contributed by atoms with van der Waals surface area (Å²) < 4.78 is 5.34. The molecule has 0 saturated carbocycles. The minimum atomic E-state index is -0.544. The third-order valence-corrected chi connectivity index (χ3v) is 2.97. The van der Waals surface area contributed by atoms with Crippen molar-refractivity contribution in [2.45, 2.75) is 39.7 Å². The molecule has 1 aliphatic rings. The van der Waals surface area contributed by atoms with E-state index in [1.165, 1.54) is 4.90 Å². The Morgan fingerprint density at radius 2 is 2.00 bits per heavy atom. The number of likely N-dealkylation sites (N-methyl/N-ethyl adjacent to an activating group) is 1. The van der Waals surface area contributed by atoms with Crippen LogP contribution in [0.3, 0.4) is 0 Å². The van der Waals surface area contributed by atoms with Crippen molar-refractivity contribution >= 4 is 12.0 Å². The largest absolute Gasteiger partial charge is 0.443 e. The van der Waals surface area contributed by atoms with Gasteiger partial charge in [-0.2, -0.15) is 0 Å². The summed E-state index contributed by atoms with van der Waals surface area (Å²) >= 11 is 0. The smallest absolute Gasteiger partial charge is 0.414 e. The molecule has 21 heavy (non-hydrogen) atoms. The van der Waals surface area contributed by atoms with Gasteiger partial charge in [-0.15, -0.1) is 0 Å². The van der Waals surface area contributed by atoms with Gasteiger partial charge in [0.2, 0.25) is 0 Å². The number of allylic oxidation sites excluding steroid dienone is 2. The second-order valence-electron chi connectivity index (χ2n) is 6.04. The summed E-state index contributed by atoms with van der Waals surface area (Å²) in [6.07, 6.45) is 3.85. The van der Waals surface area contributed by atoms with Crippen LogP contribution >= 0.6 is 0 Å². The number of hydrogen-bond acceptors (Lipinski definition) is 4. The van der Waals surface area contributed by atoms with Crippen LogP contribution in [0.15, 0.2) is 23.5 Å². The van der Waals surface area contributed by atoms with E-state index in [0.29, 0.717) is 18.8 Å². The number of ether oxygens (including phenoxy) is 1. The van der Waals surface area contributed by atoms with Crippen LogP contribution in [0.2, 0.25) is 0 Å². The lowest BCUT2D eigenvalue weighted by Gasteiger charge is -2.33. The summed E-state index contributed by atoms with van der Waals surface area (Å²) in [5.41, 5.74) is 6.06. The first-order chi connectivity index (χ1) is 9.65. The lowest BCUT2D eigenvalue weighted by Crippen LogP contribution is -2.41. The highest BCUT2D eigenvalue weighted by Gasteiger charge is 2.26. The Morgan fingerprint density at radius 1 is 1.38 bits per heavy atom. The minimum absolute atomic E-state index is 0.416. The van der Waals surface area contributed by atoms with E-state index < -0.39 is 17.6 Å². The average molecular weight is 295 g/mol. The quantitative estimate of drug-likeness (QED) is 0.858. The first-order valence-electron chi connectivity index (χ1n) is 7.08. The summed E-state index contributed by atoms with van der Waals surface area (Å²) in [7, 11) is 1.66. The van der Waals surface area contributed by atoms with Crippen LogP contribution in [0, 0.1) is 0 Å². The molecule has 1 aliphatic heterocycles. The first kappa shape index (κ1) is 17.1. The number of carbonyl (C=O) groups excluding carboxylic acids is 2. The molecule has 0 aromatic carbocycles. The van der Waals surface area contributed by atoms with Gasteiger partial charge in [0.15, 0.2) is 0 Å². The Balaban J connectivity index is 2.88. The van der Waals surface area contributed by atoms with Gasteiger partial charge in [-0.05, 0) is 39.3 Å². The topological polar surface area (TPSA) is 75.9 Å². The summed E-state index contributed by atoms with van der Waals surface area (Å²) in [6, 6.07) is 0. The Labute approximate surface area is 126 Å². The average Bonchev–Trinajstić information content (AvgIpc) is 2.35. The van der Waals surface area contributed by atoms with Gasteiger partial charge in [0.1, 0.15) is 11.3 Å². The summed E-state index contributed by atoms with van der Waals surface area (Å²) in [6.45, 7) is 8.65. The number of rotatable bonds is 4. The van der Waals surface area contributed by atoms with Gasteiger partial charge in [-0.3, -0.25) is 9.69 Å². The molecular formula is C15H25N3O3. The molecule has 6 heteroatoms. The SMILES string of the molecule is CCCN1CC(N(C)C(=O)OC(C)(C)C)=CC=C1C(N)=O. The van der Waals surface area contributed by atoms with Crippen molar-refractivity contribution < 1.29 is 14.3 Å². The third kappa shape index (κ3) is 4.81. The van der Waals surface area contributed by atoms with Crippen LogP contribution in [-0.2, 0) is 9.53 Å². The number of carbonyl (C=O) groups is 2. The Bertz CT molecular complexity index is 475. The van der Waals surface area contributed by atoms with Crippen molar-refractivity contribution in [1.82, 2.24) is 9.80 Å². The van der Waals surface area contributed by atoms with Gasteiger partial charge in [-0.1, -0.05) is 6.92 Å². The molecule has 0 saturated heterocycles. The summed E-state index contributed by atoms with van der Waals surface area (Å²) in [5.74, 6) is -0.460. The fraction of sp³-hybridized carbons (Fsp3) is 0.600. The maximum atomic E-state index is 12.1. The standard InChI is InChI=1S/C15H25N3O3/c1-6-9-18-10-11(7-8-12(18)13(16)19)17(5)14(20)21-15(2,3)4/h7-8H,6,9-10H2,1-5H3,(H2,16,19). The highest BCUT2D eigenvalue weighted by Crippen LogP contribution is 2.19. The second-order valence-corrected chi connectivity index (χ2v) is 6.04. The van der Waals surface area contributed by atoms with E-state index in [1.54, 1.807) is 19.2 Å². The van der Waals surface area contributed by atoms with E-state index in [0.717, 1.165) is 12.1 Å². The Kier molecular flexibility index (Phi) is 5.41. The molecule has 0 fully saturated rings. The van der Waals surface area contributed by atoms with E-state index >= 15 is 0 Å². The highest BCUT2D eigenvalue weighted by atomic mass is 16.6. The molecule has 0 unspecified atom stereocenters. The predicted octanol–water partition coefficient (Wildman–Crippen LogP) is 1.83. The van der Waals surface area contributed by atoms with Gasteiger partial charge in [-0.25, -0.2) is 4.79 Å². The van der Waals surface area contributed by atoms with Gasteiger partial charge in [0, 0.05) is 19.3 Å². The molecule has 0 aromatic rings. The number of nitrogens with zero attached hydrogens (tertiary/aromatic N) is 2. The Hall–Kier alpha value is -1.98. The van der Waals surface area contributed by atoms with Crippen LogP contribution in [0.1, 0.15) is 34.1 Å². The van der Waals surface area contributed by atoms with Crippen LogP contribution in [0.5, 0.6) is 0 Å². The zero-order chi connectivity index (χ0) is 16.2. The fourth-order valence-corrected chi connectivity index (χ4v) is 1.99. The molecule has 0 bridgehead atoms. The van der Waals surface area contributed by atoms with Crippen molar-refractivity contribution in [3.8, 4) is 0 Å². The van der Waals surface area contributed by atoms with Crippen LogP contribution in [0.25, 0.3) is 0 Å². The number of nitrogens with two attached hydrogens (primary N) is 1. The molecule has 1 rings (SSSR count). The molecule has 0 aliphatic carbocycles. The second kappa shape index (κ2) is 6.65. The van der Waals surface area contributed by atoms with E-state index in [4.69, 9.17) is 10.5 Å². The molecule has 1 heterocycles. The van der Waals surface area contributed by atoms with E-state index in [2.05, 4.69) is 0 Å². The molecule has 0 spiro atoms. The lowest BCUT2D eigenvalue weighted by molar-refractivity contribution is -0.116. The molecule has 0 radical (unpaired) electrons. The zero-order valence-corrected chi connectivity index (χ0v) is 13.5. The highest BCUT2D eigenvalue weighted by molar-refractivity contribution is 5.92.